The Kier molecular flexibility index (Phi) is 4.17. The van der Waals surface area contributed by atoms with Crippen LogP contribution in [0.4, 0.5) is 8.78 Å². The number of rotatable bonds is 3. The molecule has 0 heterocycles. The molecule has 0 amide bonds. The fraction of sp³-hybridized carbons (Fsp3) is 0.143. The number of hydrogen-bond donors (Lipinski definition) is 1. The molecule has 2 nitrogen and oxygen atoms in total. The highest BCUT2D eigenvalue weighted by molar-refractivity contribution is 9.10. The van der Waals surface area contributed by atoms with E-state index in [-0.39, 0.29) is 17.1 Å². The second-order valence-corrected chi connectivity index (χ2v) is 4.95. The number of benzene rings is 2. The van der Waals surface area contributed by atoms with Crippen molar-refractivity contribution < 1.29 is 18.6 Å². The van der Waals surface area contributed by atoms with E-state index in [2.05, 4.69) is 15.9 Å². The summed E-state index contributed by atoms with van der Waals surface area (Å²) in [6.45, 7) is 1.44. The topological polar surface area (TPSA) is 29.5 Å². The lowest BCUT2D eigenvalue weighted by molar-refractivity contribution is 0.190. The Hall–Kier alpha value is -1.46. The minimum absolute atomic E-state index is 0.0443. The Morgan fingerprint density at radius 1 is 1.21 bits per heavy atom. The van der Waals surface area contributed by atoms with Gasteiger partial charge in [0, 0.05) is 10.5 Å². The van der Waals surface area contributed by atoms with Crippen LogP contribution in [0.2, 0.25) is 0 Å². The third-order valence-corrected chi connectivity index (χ3v) is 2.95. The molecule has 0 radical (unpaired) electrons. The van der Waals surface area contributed by atoms with Crippen LogP contribution in [-0.4, -0.2) is 5.11 Å². The van der Waals surface area contributed by atoms with E-state index in [1.54, 1.807) is 6.07 Å². The Labute approximate surface area is 117 Å². The van der Waals surface area contributed by atoms with Gasteiger partial charge in [-0.25, -0.2) is 8.78 Å². The maximum atomic E-state index is 13.6. The molecule has 0 unspecified atom stereocenters. The highest BCUT2D eigenvalue weighted by atomic mass is 79.9. The molecule has 2 rings (SSSR count). The first kappa shape index (κ1) is 14.0. The number of halogens is 3. The summed E-state index contributed by atoms with van der Waals surface area (Å²) in [5.74, 6) is -0.658. The highest BCUT2D eigenvalue weighted by Crippen LogP contribution is 2.32. The minimum Gasteiger partial charge on any atom is -0.457 e. The molecule has 0 aliphatic carbocycles. The molecular formula is C14H11BrF2O2. The van der Waals surface area contributed by atoms with Gasteiger partial charge in [-0.2, -0.15) is 0 Å². The SMILES string of the molecule is C[C@@H](O)c1c(F)cccc1Oc1cc(F)cc(Br)c1. The molecule has 0 aliphatic rings. The molecule has 0 fully saturated rings. The van der Waals surface area contributed by atoms with E-state index in [1.807, 2.05) is 0 Å². The van der Waals surface area contributed by atoms with Crippen molar-refractivity contribution in [3.05, 3.63) is 58.1 Å². The molecule has 100 valence electrons. The maximum Gasteiger partial charge on any atom is 0.136 e. The van der Waals surface area contributed by atoms with Gasteiger partial charge in [-0.05, 0) is 31.2 Å². The molecular weight excluding hydrogens is 318 g/mol. The summed E-state index contributed by atoms with van der Waals surface area (Å²) in [4.78, 5) is 0. The van der Waals surface area contributed by atoms with Crippen LogP contribution in [0.25, 0.3) is 0 Å². The quantitative estimate of drug-likeness (QED) is 0.894. The predicted molar refractivity (Wildman–Crippen MR) is 71.2 cm³/mol. The molecule has 0 saturated carbocycles. The van der Waals surface area contributed by atoms with Crippen molar-refractivity contribution in [3.63, 3.8) is 0 Å². The molecule has 1 N–H and O–H groups in total. The zero-order valence-electron chi connectivity index (χ0n) is 10.0. The summed E-state index contributed by atoms with van der Waals surface area (Å²) in [6.07, 6.45) is -1.02. The monoisotopic (exact) mass is 328 g/mol. The second kappa shape index (κ2) is 5.67. The third-order valence-electron chi connectivity index (χ3n) is 2.49. The van der Waals surface area contributed by atoms with Crippen LogP contribution in [0, 0.1) is 11.6 Å². The molecule has 0 spiro atoms. The summed E-state index contributed by atoms with van der Waals surface area (Å²) in [6, 6.07) is 8.24. The van der Waals surface area contributed by atoms with Crippen molar-refractivity contribution in [2.24, 2.45) is 0 Å². The predicted octanol–water partition coefficient (Wildman–Crippen LogP) is 4.57. The number of ether oxygens (including phenoxy) is 1. The van der Waals surface area contributed by atoms with E-state index in [0.717, 1.165) is 0 Å². The Bertz CT molecular complexity index is 580. The van der Waals surface area contributed by atoms with Gasteiger partial charge in [0.15, 0.2) is 0 Å². The number of aliphatic hydroxyl groups excluding tert-OH is 1. The van der Waals surface area contributed by atoms with Gasteiger partial charge >= 0.3 is 0 Å². The minimum atomic E-state index is -1.02. The summed E-state index contributed by atoms with van der Waals surface area (Å²) in [5, 5.41) is 9.57. The molecule has 0 bridgehead atoms. The summed E-state index contributed by atoms with van der Waals surface area (Å²) in [5.41, 5.74) is 0.0443. The van der Waals surface area contributed by atoms with Gasteiger partial charge in [0.05, 0.1) is 11.7 Å². The standard InChI is InChI=1S/C14H11BrF2O2/c1-8(18)14-12(17)3-2-4-13(14)19-11-6-9(15)5-10(16)7-11/h2-8,18H,1H3/t8-/m1/s1. The van der Waals surface area contributed by atoms with Crippen LogP contribution in [0.1, 0.15) is 18.6 Å². The molecule has 19 heavy (non-hydrogen) atoms. The van der Waals surface area contributed by atoms with Gasteiger partial charge in [-0.3, -0.25) is 0 Å². The van der Waals surface area contributed by atoms with Gasteiger partial charge in [0.2, 0.25) is 0 Å². The molecule has 0 aliphatic heterocycles. The summed E-state index contributed by atoms with van der Waals surface area (Å²) < 4.78 is 32.8. The Morgan fingerprint density at radius 3 is 2.58 bits per heavy atom. The lowest BCUT2D eigenvalue weighted by atomic mass is 10.1. The van der Waals surface area contributed by atoms with Crippen molar-refractivity contribution in [2.45, 2.75) is 13.0 Å². The van der Waals surface area contributed by atoms with Gasteiger partial charge in [0.25, 0.3) is 0 Å². The van der Waals surface area contributed by atoms with Crippen LogP contribution < -0.4 is 4.74 Å². The van der Waals surface area contributed by atoms with Crippen molar-refractivity contribution in [1.29, 1.82) is 0 Å². The van der Waals surface area contributed by atoms with Crippen LogP contribution in [0.15, 0.2) is 40.9 Å². The molecule has 2 aromatic carbocycles. The first-order valence-electron chi connectivity index (χ1n) is 5.58. The largest absolute Gasteiger partial charge is 0.457 e. The smallest absolute Gasteiger partial charge is 0.136 e. The van der Waals surface area contributed by atoms with Crippen molar-refractivity contribution in [2.75, 3.05) is 0 Å². The Morgan fingerprint density at radius 2 is 1.95 bits per heavy atom. The fourth-order valence-electron chi connectivity index (χ4n) is 1.73. The molecule has 2 aromatic rings. The van der Waals surface area contributed by atoms with Crippen molar-refractivity contribution >= 4 is 15.9 Å². The van der Waals surface area contributed by atoms with E-state index in [4.69, 9.17) is 4.74 Å². The first-order valence-corrected chi connectivity index (χ1v) is 6.37. The van der Waals surface area contributed by atoms with Gasteiger partial charge < -0.3 is 9.84 Å². The molecule has 1 atom stereocenters. The molecule has 0 saturated heterocycles. The van der Waals surface area contributed by atoms with Crippen molar-refractivity contribution in [1.82, 2.24) is 0 Å². The van der Waals surface area contributed by atoms with Crippen LogP contribution in [-0.2, 0) is 0 Å². The van der Waals surface area contributed by atoms with Gasteiger partial charge in [-0.1, -0.05) is 22.0 Å². The molecule has 5 heteroatoms. The van der Waals surface area contributed by atoms with E-state index in [0.29, 0.717) is 4.47 Å². The average molecular weight is 329 g/mol. The van der Waals surface area contributed by atoms with Crippen LogP contribution in [0.5, 0.6) is 11.5 Å². The van der Waals surface area contributed by atoms with E-state index < -0.39 is 17.7 Å². The maximum absolute atomic E-state index is 13.6. The fourth-order valence-corrected chi connectivity index (χ4v) is 2.17. The zero-order chi connectivity index (χ0) is 14.0. The molecule has 0 aromatic heterocycles. The third kappa shape index (κ3) is 3.30. The highest BCUT2D eigenvalue weighted by Gasteiger charge is 2.15. The van der Waals surface area contributed by atoms with Gasteiger partial charge in [0.1, 0.15) is 23.1 Å². The number of hydrogen-bond acceptors (Lipinski definition) is 2. The van der Waals surface area contributed by atoms with Crippen LogP contribution >= 0.6 is 15.9 Å². The lowest BCUT2D eigenvalue weighted by Gasteiger charge is -2.14. The Balaban J connectivity index is 2.40. The lowest BCUT2D eigenvalue weighted by Crippen LogP contribution is -2.00. The van der Waals surface area contributed by atoms with E-state index in [1.165, 1.54) is 37.3 Å². The van der Waals surface area contributed by atoms with E-state index in [9.17, 15) is 13.9 Å². The normalized spacial score (nSPS) is 12.3. The zero-order valence-corrected chi connectivity index (χ0v) is 11.6. The number of aliphatic hydroxyl groups is 1. The second-order valence-electron chi connectivity index (χ2n) is 4.03. The van der Waals surface area contributed by atoms with Gasteiger partial charge in [-0.15, -0.1) is 0 Å². The average Bonchev–Trinajstić information content (AvgIpc) is 2.26. The van der Waals surface area contributed by atoms with E-state index >= 15 is 0 Å². The van der Waals surface area contributed by atoms with Crippen molar-refractivity contribution in [3.8, 4) is 11.5 Å². The van der Waals surface area contributed by atoms with Crippen LogP contribution in [0.3, 0.4) is 0 Å². The first-order chi connectivity index (χ1) is 8.97. The summed E-state index contributed by atoms with van der Waals surface area (Å²) in [7, 11) is 0. The summed E-state index contributed by atoms with van der Waals surface area (Å²) >= 11 is 3.14.